The minimum atomic E-state index is -0.926. The summed E-state index contributed by atoms with van der Waals surface area (Å²) in [5.41, 5.74) is 5.14. The lowest BCUT2D eigenvalue weighted by Gasteiger charge is -2.24. The second-order valence-electron chi connectivity index (χ2n) is 6.06. The molecule has 1 aliphatic rings. The number of carbonyl (C=O) groups excluding carboxylic acids is 1. The van der Waals surface area contributed by atoms with Gasteiger partial charge in [0, 0.05) is 6.20 Å². The Balaban J connectivity index is 1.57. The van der Waals surface area contributed by atoms with E-state index in [2.05, 4.69) is 21.4 Å². The highest BCUT2D eigenvalue weighted by Gasteiger charge is 2.20. The van der Waals surface area contributed by atoms with Crippen LogP contribution in [0.4, 0.5) is 19.3 Å². The molecule has 0 fully saturated rings. The molecule has 0 unspecified atom stereocenters. The summed E-state index contributed by atoms with van der Waals surface area (Å²) >= 11 is 1.57. The van der Waals surface area contributed by atoms with Crippen LogP contribution in [-0.2, 0) is 0 Å². The van der Waals surface area contributed by atoms with Crippen molar-refractivity contribution in [3.05, 3.63) is 71.2 Å². The number of aryl methyl sites for hydroxylation is 1. The minimum absolute atomic E-state index is 0.271. The van der Waals surface area contributed by atoms with Crippen molar-refractivity contribution in [2.45, 2.75) is 6.92 Å². The predicted molar refractivity (Wildman–Crippen MR) is 101 cm³/mol. The normalized spacial score (nSPS) is 13.7. The highest BCUT2D eigenvalue weighted by atomic mass is 32.1. The number of allylic oxidation sites excluding steroid dienone is 2. The molecule has 3 heterocycles. The molecule has 0 saturated heterocycles. The molecule has 0 atom stereocenters. The first-order valence-electron chi connectivity index (χ1n) is 8.11. The molecule has 2 amide bonds. The van der Waals surface area contributed by atoms with Gasteiger partial charge < -0.3 is 5.32 Å². The Labute approximate surface area is 157 Å². The van der Waals surface area contributed by atoms with Gasteiger partial charge in [-0.05, 0) is 41.8 Å². The summed E-state index contributed by atoms with van der Waals surface area (Å²) in [7, 11) is 0. The van der Waals surface area contributed by atoms with Crippen molar-refractivity contribution in [1.82, 2.24) is 14.9 Å². The number of halogens is 2. The number of fused-ring (bicyclic) bond motifs is 1. The van der Waals surface area contributed by atoms with Crippen molar-refractivity contribution in [2.75, 3.05) is 11.9 Å². The first kappa shape index (κ1) is 17.3. The Hall–Kier alpha value is -3.13. The van der Waals surface area contributed by atoms with E-state index in [-0.39, 0.29) is 6.54 Å². The summed E-state index contributed by atoms with van der Waals surface area (Å²) < 4.78 is 28.5. The second kappa shape index (κ2) is 6.88. The average molecular weight is 384 g/mol. The number of thiazole rings is 1. The van der Waals surface area contributed by atoms with E-state index in [0.717, 1.165) is 39.3 Å². The van der Waals surface area contributed by atoms with E-state index in [1.165, 1.54) is 4.90 Å². The van der Waals surface area contributed by atoms with Crippen LogP contribution < -0.4 is 5.32 Å². The van der Waals surface area contributed by atoms with Crippen molar-refractivity contribution in [2.24, 2.45) is 0 Å². The Morgan fingerprint density at radius 2 is 2.04 bits per heavy atom. The van der Waals surface area contributed by atoms with Crippen LogP contribution >= 0.6 is 11.3 Å². The van der Waals surface area contributed by atoms with Crippen molar-refractivity contribution in [3.63, 3.8) is 0 Å². The van der Waals surface area contributed by atoms with E-state index in [1.807, 2.05) is 19.1 Å². The van der Waals surface area contributed by atoms with Crippen molar-refractivity contribution in [1.29, 1.82) is 0 Å². The molecule has 0 radical (unpaired) electrons. The fourth-order valence-corrected chi connectivity index (χ4v) is 3.68. The lowest BCUT2D eigenvalue weighted by Crippen LogP contribution is -2.33. The number of hydrogen-bond acceptors (Lipinski definition) is 4. The molecule has 1 aliphatic heterocycles. The predicted octanol–water partition coefficient (Wildman–Crippen LogP) is 4.72. The maximum atomic E-state index is 13.7. The molecule has 5 nitrogen and oxygen atoms in total. The van der Waals surface area contributed by atoms with Gasteiger partial charge in [0.25, 0.3) is 0 Å². The number of aromatic nitrogens is 2. The van der Waals surface area contributed by atoms with Gasteiger partial charge in [-0.2, -0.15) is 0 Å². The molecule has 0 bridgehead atoms. The van der Waals surface area contributed by atoms with Crippen LogP contribution in [0.15, 0.2) is 48.4 Å². The van der Waals surface area contributed by atoms with Crippen LogP contribution in [-0.4, -0.2) is 27.4 Å². The topological polar surface area (TPSA) is 58.1 Å². The number of rotatable bonds is 2. The summed E-state index contributed by atoms with van der Waals surface area (Å²) in [6.45, 7) is 2.27. The second-order valence-corrected chi connectivity index (χ2v) is 6.94. The largest absolute Gasteiger partial charge is 0.326 e. The fourth-order valence-electron chi connectivity index (χ4n) is 2.93. The summed E-state index contributed by atoms with van der Waals surface area (Å²) in [6, 6.07) is 3.42. The Morgan fingerprint density at radius 1 is 1.26 bits per heavy atom. The van der Waals surface area contributed by atoms with Gasteiger partial charge in [0.1, 0.15) is 5.69 Å². The van der Waals surface area contributed by atoms with E-state index in [9.17, 15) is 13.6 Å². The average Bonchev–Trinajstić information content (AvgIpc) is 3.11. The first-order chi connectivity index (χ1) is 13.0. The summed E-state index contributed by atoms with van der Waals surface area (Å²) in [6.07, 6.45) is 6.90. The van der Waals surface area contributed by atoms with Gasteiger partial charge in [-0.25, -0.2) is 18.6 Å². The summed E-state index contributed by atoms with van der Waals surface area (Å²) in [5.74, 6) is -1.85. The maximum absolute atomic E-state index is 13.7. The zero-order valence-electron chi connectivity index (χ0n) is 14.2. The number of nitrogens with one attached hydrogen (secondary N) is 1. The third-order valence-electron chi connectivity index (χ3n) is 4.27. The fraction of sp³-hybridized carbons (Fsp3) is 0.105. The molecule has 27 heavy (non-hydrogen) atoms. The van der Waals surface area contributed by atoms with Crippen molar-refractivity contribution >= 4 is 38.8 Å². The van der Waals surface area contributed by atoms with E-state index in [4.69, 9.17) is 0 Å². The van der Waals surface area contributed by atoms with E-state index >= 15 is 0 Å². The molecule has 136 valence electrons. The Bertz CT molecular complexity index is 1090. The van der Waals surface area contributed by atoms with Crippen LogP contribution in [0.5, 0.6) is 0 Å². The van der Waals surface area contributed by atoms with Crippen molar-refractivity contribution in [3.8, 4) is 0 Å². The van der Waals surface area contributed by atoms with Gasteiger partial charge in [-0.3, -0.25) is 9.88 Å². The number of pyridine rings is 1. The Morgan fingerprint density at radius 3 is 2.81 bits per heavy atom. The lowest BCUT2D eigenvalue weighted by molar-refractivity contribution is 0.232. The lowest BCUT2D eigenvalue weighted by atomic mass is 9.98. The molecule has 1 aromatic carbocycles. The van der Waals surface area contributed by atoms with Gasteiger partial charge in [0.05, 0.1) is 34.7 Å². The van der Waals surface area contributed by atoms with Gasteiger partial charge >= 0.3 is 6.03 Å². The van der Waals surface area contributed by atoms with Crippen LogP contribution in [0.3, 0.4) is 0 Å². The van der Waals surface area contributed by atoms with Crippen LogP contribution in [0.25, 0.3) is 15.8 Å². The van der Waals surface area contributed by atoms with E-state index in [1.54, 1.807) is 29.1 Å². The summed E-state index contributed by atoms with van der Waals surface area (Å²) in [4.78, 5) is 21.6. The third-order valence-corrected chi connectivity index (χ3v) is 5.07. The maximum Gasteiger partial charge on any atom is 0.326 e. The van der Waals surface area contributed by atoms with Crippen molar-refractivity contribution < 1.29 is 13.6 Å². The molecule has 4 rings (SSSR count). The van der Waals surface area contributed by atoms with Crippen LogP contribution in [0, 0.1) is 18.6 Å². The molecule has 0 saturated carbocycles. The van der Waals surface area contributed by atoms with Gasteiger partial charge in [0.15, 0.2) is 11.6 Å². The highest BCUT2D eigenvalue weighted by Crippen LogP contribution is 2.29. The molecule has 0 spiro atoms. The molecular weight excluding hydrogens is 370 g/mol. The third kappa shape index (κ3) is 3.31. The SMILES string of the molecule is Cc1cc2scnc2cc1C1=CC=CN(C(=O)Nc2c(F)cncc2F)C1. The molecule has 3 aromatic rings. The first-order valence-corrected chi connectivity index (χ1v) is 8.99. The van der Waals surface area contributed by atoms with E-state index < -0.39 is 23.4 Å². The number of amides is 2. The zero-order valence-corrected chi connectivity index (χ0v) is 15.1. The summed E-state index contributed by atoms with van der Waals surface area (Å²) in [5, 5.41) is 2.27. The van der Waals surface area contributed by atoms with Crippen LogP contribution in [0.2, 0.25) is 0 Å². The molecule has 8 heteroatoms. The number of hydrogen-bond donors (Lipinski definition) is 1. The molecule has 2 aromatic heterocycles. The minimum Gasteiger partial charge on any atom is -0.302 e. The van der Waals surface area contributed by atoms with E-state index in [0.29, 0.717) is 0 Å². The number of nitrogens with zero attached hydrogens (tertiary/aromatic N) is 3. The molecule has 1 N–H and O–H groups in total. The quantitative estimate of drug-likeness (QED) is 0.695. The number of urea groups is 1. The number of carbonyl (C=O) groups is 1. The smallest absolute Gasteiger partial charge is 0.302 e. The van der Waals surface area contributed by atoms with Gasteiger partial charge in [-0.1, -0.05) is 6.08 Å². The highest BCUT2D eigenvalue weighted by molar-refractivity contribution is 7.16. The van der Waals surface area contributed by atoms with Crippen LogP contribution in [0.1, 0.15) is 11.1 Å². The Kier molecular flexibility index (Phi) is 4.41. The molecule has 0 aliphatic carbocycles. The number of anilines is 1. The monoisotopic (exact) mass is 384 g/mol. The number of benzene rings is 1. The standard InChI is InChI=1S/C19H14F2N4OS/c1-11-5-17-16(23-10-27-17)6-13(11)12-3-2-4-25(9-12)19(26)24-18-14(20)7-22-8-15(18)21/h2-8,10H,9H2,1H3,(H,22,24,26). The van der Waals surface area contributed by atoms with Gasteiger partial charge in [0.2, 0.25) is 0 Å². The molecular formula is C19H14F2N4OS. The van der Waals surface area contributed by atoms with Gasteiger partial charge in [-0.15, -0.1) is 11.3 Å². The zero-order chi connectivity index (χ0) is 19.0.